The van der Waals surface area contributed by atoms with E-state index < -0.39 is 0 Å². The first kappa shape index (κ1) is 13.5. The molecule has 16 heavy (non-hydrogen) atoms. The number of hydrogen-bond acceptors (Lipinski definition) is 3. The number of hydrogen-bond donors (Lipinski definition) is 2. The molecule has 0 aromatic carbocycles. The molecule has 1 heterocycles. The Balaban J connectivity index is 2.33. The van der Waals surface area contributed by atoms with Crippen LogP contribution in [0.2, 0.25) is 0 Å². The van der Waals surface area contributed by atoms with Gasteiger partial charge in [-0.05, 0) is 44.3 Å². The van der Waals surface area contributed by atoms with Crippen molar-refractivity contribution in [1.82, 2.24) is 4.90 Å². The van der Waals surface area contributed by atoms with Crippen LogP contribution in [-0.2, 0) is 4.79 Å². The van der Waals surface area contributed by atoms with Crippen LogP contribution in [0.25, 0.3) is 0 Å². The van der Waals surface area contributed by atoms with Crippen molar-refractivity contribution in [1.29, 1.82) is 0 Å². The van der Waals surface area contributed by atoms with Crippen LogP contribution in [0.4, 0.5) is 0 Å². The first-order valence-corrected chi connectivity index (χ1v) is 6.26. The molecule has 0 spiro atoms. The summed E-state index contributed by atoms with van der Waals surface area (Å²) in [5.74, 6) is 1.13. The van der Waals surface area contributed by atoms with Crippen LogP contribution < -0.4 is 11.5 Å². The van der Waals surface area contributed by atoms with Crippen molar-refractivity contribution < 1.29 is 4.79 Å². The van der Waals surface area contributed by atoms with Crippen LogP contribution in [0, 0.1) is 17.8 Å². The molecule has 1 aliphatic rings. The summed E-state index contributed by atoms with van der Waals surface area (Å²) in [5, 5.41) is 0. The van der Waals surface area contributed by atoms with Gasteiger partial charge in [0.25, 0.3) is 0 Å². The third-order valence-electron chi connectivity index (χ3n) is 3.73. The minimum Gasteiger partial charge on any atom is -0.369 e. The molecule has 4 nitrogen and oxygen atoms in total. The van der Waals surface area contributed by atoms with Crippen LogP contribution >= 0.6 is 0 Å². The maximum absolute atomic E-state index is 11.0. The van der Waals surface area contributed by atoms with E-state index in [0.29, 0.717) is 11.8 Å². The average Bonchev–Trinajstić information content (AvgIpc) is 2.26. The zero-order valence-electron chi connectivity index (χ0n) is 10.5. The first-order chi connectivity index (χ1) is 7.54. The molecule has 4 heteroatoms. The zero-order valence-corrected chi connectivity index (χ0v) is 10.5. The second-order valence-electron chi connectivity index (χ2n) is 5.22. The van der Waals surface area contributed by atoms with Gasteiger partial charge in [0.15, 0.2) is 0 Å². The Kier molecular flexibility index (Phi) is 5.22. The van der Waals surface area contributed by atoms with Crippen LogP contribution in [0.5, 0.6) is 0 Å². The maximum Gasteiger partial charge on any atom is 0.220 e. The van der Waals surface area contributed by atoms with Gasteiger partial charge in [0.05, 0.1) is 0 Å². The van der Waals surface area contributed by atoms with E-state index in [4.69, 9.17) is 11.5 Å². The van der Waals surface area contributed by atoms with E-state index in [9.17, 15) is 4.79 Å². The molecule has 94 valence electrons. The largest absolute Gasteiger partial charge is 0.369 e. The molecule has 1 rings (SSSR count). The van der Waals surface area contributed by atoms with Crippen molar-refractivity contribution in [3.05, 3.63) is 0 Å². The minimum absolute atomic E-state index is 0.0895. The Morgan fingerprint density at radius 3 is 2.31 bits per heavy atom. The summed E-state index contributed by atoms with van der Waals surface area (Å²) >= 11 is 0. The number of primary amides is 1. The van der Waals surface area contributed by atoms with E-state index in [2.05, 4.69) is 18.7 Å². The van der Waals surface area contributed by atoms with Gasteiger partial charge in [-0.15, -0.1) is 0 Å². The Morgan fingerprint density at radius 1 is 1.38 bits per heavy atom. The monoisotopic (exact) mass is 227 g/mol. The predicted molar refractivity (Wildman–Crippen MR) is 65.7 cm³/mol. The van der Waals surface area contributed by atoms with Crippen LogP contribution in [0.3, 0.4) is 0 Å². The summed E-state index contributed by atoms with van der Waals surface area (Å²) in [7, 11) is 0. The van der Waals surface area contributed by atoms with E-state index in [0.717, 1.165) is 39.0 Å². The second kappa shape index (κ2) is 6.21. The Morgan fingerprint density at radius 2 is 1.94 bits per heavy atom. The summed E-state index contributed by atoms with van der Waals surface area (Å²) in [6.45, 7) is 8.20. The number of carbonyl (C=O) groups excluding carboxylic acids is 1. The van der Waals surface area contributed by atoms with E-state index in [1.54, 1.807) is 0 Å². The van der Waals surface area contributed by atoms with Crippen LogP contribution in [-0.4, -0.2) is 37.0 Å². The molecule has 0 aromatic rings. The molecule has 1 fully saturated rings. The Hall–Kier alpha value is -0.610. The van der Waals surface area contributed by atoms with Crippen molar-refractivity contribution >= 4 is 5.91 Å². The minimum atomic E-state index is -0.140. The zero-order chi connectivity index (χ0) is 12.1. The number of rotatable bonds is 5. The standard InChI is InChI=1S/C12H25N3O/c1-9(2)11(7-13)8-15-5-3-10(4-6-15)12(14)16/h9-11H,3-8,13H2,1-2H3,(H2,14,16). The highest BCUT2D eigenvalue weighted by Gasteiger charge is 2.25. The van der Waals surface area contributed by atoms with Gasteiger partial charge in [-0.25, -0.2) is 0 Å². The molecule has 0 radical (unpaired) electrons. The molecule has 1 amide bonds. The number of carbonyl (C=O) groups is 1. The molecule has 0 bridgehead atoms. The van der Waals surface area contributed by atoms with Gasteiger partial charge >= 0.3 is 0 Å². The third kappa shape index (κ3) is 3.76. The third-order valence-corrected chi connectivity index (χ3v) is 3.73. The van der Waals surface area contributed by atoms with Gasteiger partial charge < -0.3 is 16.4 Å². The fraction of sp³-hybridized carbons (Fsp3) is 0.917. The van der Waals surface area contributed by atoms with Gasteiger partial charge in [-0.1, -0.05) is 13.8 Å². The number of amides is 1. The summed E-state index contributed by atoms with van der Waals surface area (Å²) in [6.07, 6.45) is 1.81. The van der Waals surface area contributed by atoms with Crippen molar-refractivity contribution in [2.75, 3.05) is 26.2 Å². The normalized spacial score (nSPS) is 21.2. The molecule has 0 aliphatic carbocycles. The molecular formula is C12H25N3O. The molecule has 1 unspecified atom stereocenters. The average molecular weight is 227 g/mol. The van der Waals surface area contributed by atoms with Crippen molar-refractivity contribution in [3.8, 4) is 0 Å². The molecular weight excluding hydrogens is 202 g/mol. The fourth-order valence-electron chi connectivity index (χ4n) is 2.29. The van der Waals surface area contributed by atoms with Crippen molar-refractivity contribution in [2.24, 2.45) is 29.2 Å². The molecule has 1 saturated heterocycles. The van der Waals surface area contributed by atoms with E-state index in [1.807, 2.05) is 0 Å². The van der Waals surface area contributed by atoms with Gasteiger partial charge in [0, 0.05) is 12.5 Å². The maximum atomic E-state index is 11.0. The fourth-order valence-corrected chi connectivity index (χ4v) is 2.29. The van der Waals surface area contributed by atoms with Crippen LogP contribution in [0.1, 0.15) is 26.7 Å². The SMILES string of the molecule is CC(C)C(CN)CN1CCC(C(N)=O)CC1. The molecule has 1 aliphatic heterocycles. The Bertz CT molecular complexity index is 222. The van der Waals surface area contributed by atoms with Crippen molar-refractivity contribution in [2.45, 2.75) is 26.7 Å². The lowest BCUT2D eigenvalue weighted by atomic mass is 9.92. The highest BCUT2D eigenvalue weighted by Crippen LogP contribution is 2.19. The lowest BCUT2D eigenvalue weighted by molar-refractivity contribution is -0.123. The molecule has 0 aromatic heterocycles. The summed E-state index contributed by atoms with van der Waals surface area (Å²) in [6, 6.07) is 0. The van der Waals surface area contributed by atoms with Gasteiger partial charge in [0.2, 0.25) is 5.91 Å². The van der Waals surface area contributed by atoms with Crippen LogP contribution in [0.15, 0.2) is 0 Å². The second-order valence-corrected chi connectivity index (χ2v) is 5.22. The van der Waals surface area contributed by atoms with Gasteiger partial charge in [0.1, 0.15) is 0 Å². The molecule has 0 saturated carbocycles. The molecule has 4 N–H and O–H groups in total. The highest BCUT2D eigenvalue weighted by atomic mass is 16.1. The van der Waals surface area contributed by atoms with E-state index in [1.165, 1.54) is 0 Å². The van der Waals surface area contributed by atoms with Gasteiger partial charge in [-0.3, -0.25) is 4.79 Å². The smallest absolute Gasteiger partial charge is 0.220 e. The number of likely N-dealkylation sites (tertiary alicyclic amines) is 1. The van der Waals surface area contributed by atoms with Gasteiger partial charge in [-0.2, -0.15) is 0 Å². The first-order valence-electron chi connectivity index (χ1n) is 6.26. The summed E-state index contributed by atoms with van der Waals surface area (Å²) in [4.78, 5) is 13.4. The highest BCUT2D eigenvalue weighted by molar-refractivity contribution is 5.76. The quantitative estimate of drug-likeness (QED) is 0.714. The number of nitrogens with zero attached hydrogens (tertiary/aromatic N) is 1. The predicted octanol–water partition coefficient (Wildman–Crippen LogP) is 0.415. The van der Waals surface area contributed by atoms with E-state index >= 15 is 0 Å². The number of nitrogens with two attached hydrogens (primary N) is 2. The number of piperidine rings is 1. The van der Waals surface area contributed by atoms with Crippen molar-refractivity contribution in [3.63, 3.8) is 0 Å². The lowest BCUT2D eigenvalue weighted by Gasteiger charge is -2.34. The summed E-state index contributed by atoms with van der Waals surface area (Å²) < 4.78 is 0. The van der Waals surface area contributed by atoms with E-state index in [-0.39, 0.29) is 11.8 Å². The lowest BCUT2D eigenvalue weighted by Crippen LogP contribution is -2.42. The Labute approximate surface area is 98.3 Å². The topological polar surface area (TPSA) is 72.3 Å². The summed E-state index contributed by atoms with van der Waals surface area (Å²) in [5.41, 5.74) is 11.1. The molecule has 1 atom stereocenters.